The maximum atomic E-state index is 13.8. The number of hydrogen-bond donors (Lipinski definition) is 1. The van der Waals surface area contributed by atoms with Crippen LogP contribution in [0.25, 0.3) is 0 Å². The molecule has 1 N–H and O–H groups in total. The van der Waals surface area contributed by atoms with E-state index in [0.29, 0.717) is 17.0 Å². The Morgan fingerprint density at radius 3 is 2.35 bits per heavy atom. The minimum Gasteiger partial charge on any atom is -0.352 e. The molecular formula is C29H30ClN3O4. The minimum absolute atomic E-state index is 0.0871. The summed E-state index contributed by atoms with van der Waals surface area (Å²) in [6.07, 6.45) is 4.10. The van der Waals surface area contributed by atoms with E-state index in [4.69, 9.17) is 11.6 Å². The van der Waals surface area contributed by atoms with Gasteiger partial charge in [-0.05, 0) is 36.1 Å². The van der Waals surface area contributed by atoms with Crippen LogP contribution in [-0.2, 0) is 29.0 Å². The van der Waals surface area contributed by atoms with Crippen LogP contribution in [0.4, 0.5) is 5.69 Å². The first-order valence-corrected chi connectivity index (χ1v) is 12.9. The third kappa shape index (κ3) is 7.17. The Morgan fingerprint density at radius 2 is 1.65 bits per heavy atom. The van der Waals surface area contributed by atoms with Crippen molar-refractivity contribution >= 4 is 29.1 Å². The predicted octanol–water partition coefficient (Wildman–Crippen LogP) is 5.49. The van der Waals surface area contributed by atoms with Crippen molar-refractivity contribution in [3.63, 3.8) is 0 Å². The first-order chi connectivity index (χ1) is 17.9. The van der Waals surface area contributed by atoms with Gasteiger partial charge < -0.3 is 10.2 Å². The van der Waals surface area contributed by atoms with Gasteiger partial charge in [-0.25, -0.2) is 0 Å². The molecule has 0 spiro atoms. The second kappa shape index (κ2) is 12.5. The van der Waals surface area contributed by atoms with Crippen LogP contribution < -0.4 is 5.32 Å². The molecule has 7 nitrogen and oxygen atoms in total. The Labute approximate surface area is 221 Å². The van der Waals surface area contributed by atoms with Crippen LogP contribution in [-0.4, -0.2) is 33.7 Å². The number of nitro groups is 1. The number of rotatable bonds is 10. The first kappa shape index (κ1) is 26.4. The summed E-state index contributed by atoms with van der Waals surface area (Å²) in [5.41, 5.74) is 1.88. The predicted molar refractivity (Wildman–Crippen MR) is 143 cm³/mol. The zero-order valence-corrected chi connectivity index (χ0v) is 21.3. The van der Waals surface area contributed by atoms with Gasteiger partial charge in [0.25, 0.3) is 5.69 Å². The van der Waals surface area contributed by atoms with E-state index >= 15 is 0 Å². The van der Waals surface area contributed by atoms with Gasteiger partial charge in [0.1, 0.15) is 6.04 Å². The summed E-state index contributed by atoms with van der Waals surface area (Å²) in [4.78, 5) is 40.2. The number of hydrogen-bond acceptors (Lipinski definition) is 4. The van der Waals surface area contributed by atoms with Crippen LogP contribution in [0.15, 0.2) is 78.9 Å². The lowest BCUT2D eigenvalue weighted by molar-refractivity contribution is -0.385. The summed E-state index contributed by atoms with van der Waals surface area (Å²) >= 11 is 6.22. The molecule has 0 bridgehead atoms. The second-order valence-electron chi connectivity index (χ2n) is 9.41. The van der Waals surface area contributed by atoms with Crippen LogP contribution in [0.1, 0.15) is 42.4 Å². The zero-order valence-electron chi connectivity index (χ0n) is 20.5. The molecule has 2 amide bonds. The highest BCUT2D eigenvalue weighted by Crippen LogP contribution is 2.23. The summed E-state index contributed by atoms with van der Waals surface area (Å²) in [6.45, 7) is 0.148. The second-order valence-corrected chi connectivity index (χ2v) is 9.85. The van der Waals surface area contributed by atoms with Gasteiger partial charge in [-0.1, -0.05) is 85.1 Å². The maximum Gasteiger partial charge on any atom is 0.273 e. The minimum atomic E-state index is -0.794. The first-order valence-electron chi connectivity index (χ1n) is 12.5. The molecule has 0 radical (unpaired) electrons. The molecule has 1 aliphatic rings. The van der Waals surface area contributed by atoms with E-state index in [2.05, 4.69) is 5.32 Å². The summed E-state index contributed by atoms with van der Waals surface area (Å²) in [7, 11) is 0. The highest BCUT2D eigenvalue weighted by Gasteiger charge is 2.33. The molecule has 8 heteroatoms. The quantitative estimate of drug-likeness (QED) is 0.283. The molecule has 3 aromatic carbocycles. The van der Waals surface area contributed by atoms with Crippen molar-refractivity contribution < 1.29 is 14.5 Å². The summed E-state index contributed by atoms with van der Waals surface area (Å²) in [6, 6.07) is 22.2. The van der Waals surface area contributed by atoms with Gasteiger partial charge >= 0.3 is 0 Å². The van der Waals surface area contributed by atoms with Crippen molar-refractivity contribution in [3.05, 3.63) is 111 Å². The number of carbonyl (C=O) groups is 2. The molecule has 192 valence electrons. The SMILES string of the molecule is O=C(NC1CCCC1)[C@@H](Cc1ccccc1)N(Cc1cccc(Cl)c1)C(=O)Cc1ccccc1[N+](=O)[O-]. The number of nitrogens with zero attached hydrogens (tertiary/aromatic N) is 2. The molecule has 4 rings (SSSR count). The number of nitro benzene ring substituents is 1. The van der Waals surface area contributed by atoms with Gasteiger partial charge in [-0.3, -0.25) is 19.7 Å². The van der Waals surface area contributed by atoms with E-state index in [9.17, 15) is 19.7 Å². The lowest BCUT2D eigenvalue weighted by atomic mass is 10.0. The number of benzene rings is 3. The van der Waals surface area contributed by atoms with Gasteiger partial charge in [-0.2, -0.15) is 0 Å². The number of para-hydroxylation sites is 1. The van der Waals surface area contributed by atoms with Gasteiger partial charge in [0.15, 0.2) is 0 Å². The fourth-order valence-electron chi connectivity index (χ4n) is 4.86. The fraction of sp³-hybridized carbons (Fsp3) is 0.310. The van der Waals surface area contributed by atoms with Gasteiger partial charge in [0.2, 0.25) is 11.8 Å². The van der Waals surface area contributed by atoms with Crippen LogP contribution in [0.5, 0.6) is 0 Å². The highest BCUT2D eigenvalue weighted by atomic mass is 35.5. The molecule has 1 saturated carbocycles. The van der Waals surface area contributed by atoms with Crippen LogP contribution in [0.3, 0.4) is 0 Å². The number of nitrogens with one attached hydrogen (secondary N) is 1. The Balaban J connectivity index is 1.69. The smallest absolute Gasteiger partial charge is 0.273 e. The molecule has 37 heavy (non-hydrogen) atoms. The van der Waals surface area contributed by atoms with E-state index in [0.717, 1.165) is 36.8 Å². The normalized spacial score (nSPS) is 14.2. The fourth-order valence-corrected chi connectivity index (χ4v) is 5.07. The van der Waals surface area contributed by atoms with Crippen molar-refractivity contribution in [1.82, 2.24) is 10.2 Å². The van der Waals surface area contributed by atoms with Gasteiger partial charge in [0.05, 0.1) is 11.3 Å². The Hall–Kier alpha value is -3.71. The van der Waals surface area contributed by atoms with E-state index in [1.165, 1.54) is 6.07 Å². The van der Waals surface area contributed by atoms with Crippen molar-refractivity contribution in [1.29, 1.82) is 0 Å². The summed E-state index contributed by atoms with van der Waals surface area (Å²) in [5, 5.41) is 15.3. The Morgan fingerprint density at radius 1 is 0.973 bits per heavy atom. The molecule has 0 heterocycles. The largest absolute Gasteiger partial charge is 0.352 e. The third-order valence-electron chi connectivity index (χ3n) is 6.74. The standard InChI is InChI=1S/C29H30ClN3O4/c30-24-13-8-11-22(17-24)20-32(28(34)19-23-12-4-7-16-26(23)33(36)37)27(18-21-9-2-1-3-10-21)29(35)31-25-14-5-6-15-25/h1-4,7-13,16-17,25,27H,5-6,14-15,18-20H2,(H,31,35)/t27-/m1/s1. The van der Waals surface area contributed by atoms with Crippen molar-refractivity contribution in [2.24, 2.45) is 0 Å². The number of carbonyl (C=O) groups excluding carboxylic acids is 2. The molecule has 1 fully saturated rings. The Bertz CT molecular complexity index is 1240. The lowest BCUT2D eigenvalue weighted by Gasteiger charge is -2.32. The summed E-state index contributed by atoms with van der Waals surface area (Å²) < 4.78 is 0. The van der Waals surface area contributed by atoms with Crippen molar-refractivity contribution in [2.45, 2.75) is 57.2 Å². The van der Waals surface area contributed by atoms with E-state index in [-0.39, 0.29) is 36.5 Å². The maximum absolute atomic E-state index is 13.8. The van der Waals surface area contributed by atoms with Crippen molar-refractivity contribution in [3.8, 4) is 0 Å². The molecule has 1 atom stereocenters. The van der Waals surface area contributed by atoms with Gasteiger partial charge in [-0.15, -0.1) is 0 Å². The number of amides is 2. The molecule has 1 aliphatic carbocycles. The monoisotopic (exact) mass is 519 g/mol. The highest BCUT2D eigenvalue weighted by molar-refractivity contribution is 6.30. The van der Waals surface area contributed by atoms with E-state index in [1.807, 2.05) is 36.4 Å². The third-order valence-corrected chi connectivity index (χ3v) is 6.98. The average Bonchev–Trinajstić information content (AvgIpc) is 3.40. The zero-order chi connectivity index (χ0) is 26.2. The van der Waals surface area contributed by atoms with Gasteiger partial charge in [0, 0.05) is 35.7 Å². The average molecular weight is 520 g/mol. The molecule has 0 aromatic heterocycles. The Kier molecular flexibility index (Phi) is 8.90. The van der Waals surface area contributed by atoms with E-state index < -0.39 is 11.0 Å². The molecular weight excluding hydrogens is 490 g/mol. The molecule has 0 unspecified atom stereocenters. The topological polar surface area (TPSA) is 92.6 Å². The molecule has 3 aromatic rings. The molecule has 0 saturated heterocycles. The van der Waals surface area contributed by atoms with E-state index in [1.54, 1.807) is 41.3 Å². The number of halogens is 1. The summed E-state index contributed by atoms with van der Waals surface area (Å²) in [5.74, 6) is -0.578. The van der Waals surface area contributed by atoms with Crippen LogP contribution in [0, 0.1) is 10.1 Å². The van der Waals surface area contributed by atoms with Crippen LogP contribution in [0.2, 0.25) is 5.02 Å². The lowest BCUT2D eigenvalue weighted by Crippen LogP contribution is -2.52. The van der Waals surface area contributed by atoms with Crippen LogP contribution >= 0.6 is 11.6 Å². The van der Waals surface area contributed by atoms with Crippen molar-refractivity contribution in [2.75, 3.05) is 0 Å². The molecule has 0 aliphatic heterocycles.